The Morgan fingerprint density at radius 2 is 1.73 bits per heavy atom. The Morgan fingerprint density at radius 3 is 2.32 bits per heavy atom. The van der Waals surface area contributed by atoms with Crippen molar-refractivity contribution < 1.29 is 9.59 Å². The van der Waals surface area contributed by atoms with Crippen LogP contribution in [0.15, 0.2) is 30.3 Å². The molecule has 0 saturated heterocycles. The normalized spacial score (nSPS) is 22.6. The second kappa shape index (κ2) is 7.94. The van der Waals surface area contributed by atoms with Crippen molar-refractivity contribution in [1.82, 2.24) is 16.0 Å². The topological polar surface area (TPSA) is 70.2 Å². The summed E-state index contributed by atoms with van der Waals surface area (Å²) < 4.78 is 0. The highest BCUT2D eigenvalue weighted by atomic mass is 16.2. The van der Waals surface area contributed by atoms with Crippen molar-refractivity contribution in [3.63, 3.8) is 0 Å². The van der Waals surface area contributed by atoms with Crippen molar-refractivity contribution in [2.24, 2.45) is 5.92 Å². The first-order valence-electron chi connectivity index (χ1n) is 7.93. The van der Waals surface area contributed by atoms with Crippen LogP contribution in [0.2, 0.25) is 0 Å². The summed E-state index contributed by atoms with van der Waals surface area (Å²) >= 11 is 0. The molecule has 0 radical (unpaired) electrons. The molecule has 5 heteroatoms. The highest BCUT2D eigenvalue weighted by Gasteiger charge is 2.27. The van der Waals surface area contributed by atoms with E-state index in [2.05, 4.69) is 22.9 Å². The molecule has 22 heavy (non-hydrogen) atoms. The average Bonchev–Trinajstić information content (AvgIpc) is 2.54. The number of hydrogen-bond donors (Lipinski definition) is 3. The van der Waals surface area contributed by atoms with Crippen molar-refractivity contribution in [3.05, 3.63) is 35.9 Å². The Kier molecular flexibility index (Phi) is 5.95. The third kappa shape index (κ3) is 4.56. The molecule has 1 aromatic carbocycles. The highest BCUT2D eigenvalue weighted by Crippen LogP contribution is 2.25. The zero-order valence-electron chi connectivity index (χ0n) is 13.3. The van der Waals surface area contributed by atoms with Gasteiger partial charge in [-0.2, -0.15) is 0 Å². The third-order valence-electron chi connectivity index (χ3n) is 4.28. The van der Waals surface area contributed by atoms with Gasteiger partial charge in [-0.1, -0.05) is 37.3 Å². The number of carbonyl (C=O) groups is 2. The average molecular weight is 303 g/mol. The Morgan fingerprint density at radius 1 is 1.09 bits per heavy atom. The van der Waals surface area contributed by atoms with E-state index in [0.717, 1.165) is 24.3 Å². The quantitative estimate of drug-likeness (QED) is 0.799. The van der Waals surface area contributed by atoms with E-state index < -0.39 is 12.1 Å². The van der Waals surface area contributed by atoms with Crippen LogP contribution in [0.5, 0.6) is 0 Å². The largest absolute Gasteiger partial charge is 0.341 e. The van der Waals surface area contributed by atoms with Crippen molar-refractivity contribution in [2.45, 2.75) is 44.7 Å². The minimum absolute atomic E-state index is 0.316. The lowest BCUT2D eigenvalue weighted by molar-refractivity contribution is -0.122. The van der Waals surface area contributed by atoms with E-state index in [0.29, 0.717) is 6.04 Å². The van der Waals surface area contributed by atoms with E-state index in [4.69, 9.17) is 0 Å². The third-order valence-corrected chi connectivity index (χ3v) is 4.28. The Bertz CT molecular complexity index is 496. The van der Waals surface area contributed by atoms with Gasteiger partial charge in [-0.05, 0) is 37.2 Å². The standard InChI is InChI=1S/C17H25N3O2/c1-12-8-10-14(11-9-12)19-15(13-6-4-3-5-7-13)16(21)20-17(22)18-2/h3-7,12,14-15,19H,8-11H2,1-2H3,(H2,18,20,21,22)/t12?,14?,15-/m1/s1. The predicted octanol–water partition coefficient (Wildman–Crippen LogP) is 2.35. The molecule has 2 rings (SSSR count). The molecule has 0 aliphatic heterocycles. The van der Waals surface area contributed by atoms with Gasteiger partial charge in [0.15, 0.2) is 0 Å². The first kappa shape index (κ1) is 16.5. The molecule has 3 N–H and O–H groups in total. The molecule has 120 valence electrons. The summed E-state index contributed by atoms with van der Waals surface area (Å²) in [5.41, 5.74) is 0.877. The van der Waals surface area contributed by atoms with Crippen LogP contribution in [-0.2, 0) is 4.79 Å². The molecule has 5 nitrogen and oxygen atoms in total. The second-order valence-electron chi connectivity index (χ2n) is 6.04. The van der Waals surface area contributed by atoms with E-state index in [-0.39, 0.29) is 5.91 Å². The van der Waals surface area contributed by atoms with E-state index >= 15 is 0 Å². The lowest BCUT2D eigenvalue weighted by Gasteiger charge is -2.30. The Hall–Kier alpha value is -1.88. The minimum atomic E-state index is -0.503. The van der Waals surface area contributed by atoms with Gasteiger partial charge in [0.2, 0.25) is 5.91 Å². The van der Waals surface area contributed by atoms with Crippen molar-refractivity contribution >= 4 is 11.9 Å². The smallest absolute Gasteiger partial charge is 0.321 e. The van der Waals surface area contributed by atoms with Gasteiger partial charge < -0.3 is 5.32 Å². The monoisotopic (exact) mass is 303 g/mol. The zero-order valence-corrected chi connectivity index (χ0v) is 13.3. The van der Waals surface area contributed by atoms with E-state index in [1.54, 1.807) is 0 Å². The summed E-state index contributed by atoms with van der Waals surface area (Å²) in [5.74, 6) is 0.442. The van der Waals surface area contributed by atoms with Gasteiger partial charge in [0, 0.05) is 13.1 Å². The number of imide groups is 1. The maximum Gasteiger partial charge on any atom is 0.321 e. The molecule has 1 aliphatic rings. The molecule has 0 aromatic heterocycles. The number of carbonyl (C=O) groups excluding carboxylic acids is 2. The Labute approximate surface area is 131 Å². The first-order chi connectivity index (χ1) is 10.6. The minimum Gasteiger partial charge on any atom is -0.341 e. The number of benzene rings is 1. The van der Waals surface area contributed by atoms with Crippen LogP contribution >= 0.6 is 0 Å². The van der Waals surface area contributed by atoms with Crippen LogP contribution in [0, 0.1) is 5.92 Å². The number of hydrogen-bond acceptors (Lipinski definition) is 3. The molecule has 0 unspecified atom stereocenters. The molecule has 1 fully saturated rings. The molecule has 0 bridgehead atoms. The Balaban J connectivity index is 2.08. The van der Waals surface area contributed by atoms with Crippen LogP contribution in [0.1, 0.15) is 44.2 Å². The predicted molar refractivity (Wildman–Crippen MR) is 86.3 cm³/mol. The van der Waals surface area contributed by atoms with E-state index in [9.17, 15) is 9.59 Å². The van der Waals surface area contributed by atoms with Crippen LogP contribution < -0.4 is 16.0 Å². The summed E-state index contributed by atoms with van der Waals surface area (Å²) in [6.07, 6.45) is 4.49. The molecule has 0 spiro atoms. The fourth-order valence-corrected chi connectivity index (χ4v) is 2.88. The SMILES string of the molecule is CNC(=O)NC(=O)[C@H](NC1CCC(C)CC1)c1ccccc1. The molecule has 1 saturated carbocycles. The van der Waals surface area contributed by atoms with E-state index in [1.807, 2.05) is 30.3 Å². The van der Waals surface area contributed by atoms with Gasteiger partial charge in [-0.3, -0.25) is 15.4 Å². The van der Waals surface area contributed by atoms with Gasteiger partial charge in [0.25, 0.3) is 0 Å². The van der Waals surface area contributed by atoms with Crippen LogP contribution in [-0.4, -0.2) is 25.0 Å². The molecule has 1 atom stereocenters. The van der Waals surface area contributed by atoms with Gasteiger partial charge >= 0.3 is 6.03 Å². The zero-order chi connectivity index (χ0) is 15.9. The lowest BCUT2D eigenvalue weighted by Crippen LogP contribution is -2.47. The number of amides is 3. The van der Waals surface area contributed by atoms with Crippen LogP contribution in [0.3, 0.4) is 0 Å². The van der Waals surface area contributed by atoms with Gasteiger partial charge in [-0.25, -0.2) is 4.79 Å². The molecule has 1 aliphatic carbocycles. The number of urea groups is 1. The van der Waals surface area contributed by atoms with Crippen molar-refractivity contribution in [1.29, 1.82) is 0 Å². The summed E-state index contributed by atoms with van der Waals surface area (Å²) in [7, 11) is 1.50. The fraction of sp³-hybridized carbons (Fsp3) is 0.529. The van der Waals surface area contributed by atoms with Gasteiger partial charge in [-0.15, -0.1) is 0 Å². The molecular formula is C17H25N3O2. The summed E-state index contributed by atoms with van der Waals surface area (Å²) in [6, 6.07) is 8.87. The van der Waals surface area contributed by atoms with Crippen molar-refractivity contribution in [2.75, 3.05) is 7.05 Å². The van der Waals surface area contributed by atoms with Crippen LogP contribution in [0.4, 0.5) is 4.79 Å². The first-order valence-corrected chi connectivity index (χ1v) is 7.93. The fourth-order valence-electron chi connectivity index (χ4n) is 2.88. The molecule has 0 heterocycles. The van der Waals surface area contributed by atoms with Gasteiger partial charge in [0.1, 0.15) is 6.04 Å². The summed E-state index contributed by atoms with van der Waals surface area (Å²) in [4.78, 5) is 23.8. The van der Waals surface area contributed by atoms with E-state index in [1.165, 1.54) is 19.9 Å². The number of rotatable bonds is 4. The highest BCUT2D eigenvalue weighted by molar-refractivity contribution is 5.97. The molecule has 3 amide bonds. The van der Waals surface area contributed by atoms with Crippen LogP contribution in [0.25, 0.3) is 0 Å². The maximum absolute atomic E-state index is 12.4. The second-order valence-corrected chi connectivity index (χ2v) is 6.04. The summed E-state index contributed by atoms with van der Waals surface area (Å²) in [5, 5.41) is 8.22. The number of nitrogens with one attached hydrogen (secondary N) is 3. The molecule has 1 aromatic rings. The van der Waals surface area contributed by atoms with Crippen molar-refractivity contribution in [3.8, 4) is 0 Å². The van der Waals surface area contributed by atoms with Gasteiger partial charge in [0.05, 0.1) is 0 Å². The maximum atomic E-state index is 12.4. The lowest BCUT2D eigenvalue weighted by atomic mass is 9.86. The molecular weight excluding hydrogens is 278 g/mol. The summed E-state index contributed by atoms with van der Waals surface area (Å²) in [6.45, 7) is 2.27.